The highest BCUT2D eigenvalue weighted by Gasteiger charge is 2.33. The van der Waals surface area contributed by atoms with Crippen LogP contribution in [0.3, 0.4) is 0 Å². The maximum absolute atomic E-state index is 12.7. The van der Waals surface area contributed by atoms with E-state index in [9.17, 15) is 9.59 Å². The van der Waals surface area contributed by atoms with Crippen LogP contribution in [0.1, 0.15) is 34.8 Å². The van der Waals surface area contributed by atoms with Gasteiger partial charge in [-0.2, -0.15) is 0 Å². The molecule has 4 heteroatoms. The van der Waals surface area contributed by atoms with Gasteiger partial charge in [0.2, 0.25) is 0 Å². The molecule has 1 atom stereocenters. The van der Waals surface area contributed by atoms with Gasteiger partial charge in [-0.1, -0.05) is 36.8 Å². The first kappa shape index (κ1) is 15.3. The van der Waals surface area contributed by atoms with Crippen LogP contribution >= 0.6 is 0 Å². The Balaban J connectivity index is 2.00. The Kier molecular flexibility index (Phi) is 4.15. The lowest BCUT2D eigenvalue weighted by atomic mass is 10.1. The smallest absolute Gasteiger partial charge is 0.268 e. The normalized spacial score (nSPS) is 16.7. The molecule has 0 saturated carbocycles. The molecule has 3 rings (SSSR count). The molecule has 0 saturated heterocycles. The van der Waals surface area contributed by atoms with Gasteiger partial charge in [0.15, 0.2) is 6.10 Å². The van der Waals surface area contributed by atoms with Crippen LogP contribution < -0.4 is 9.64 Å². The second-order valence-corrected chi connectivity index (χ2v) is 5.77. The SMILES string of the molecule is CCC1Oc2ccc(C=O)cc2N(Cc2ccc(C)cc2)C1=O. The maximum atomic E-state index is 12.7. The van der Waals surface area contributed by atoms with Crippen molar-refractivity contribution in [2.45, 2.75) is 32.9 Å². The van der Waals surface area contributed by atoms with E-state index in [0.29, 0.717) is 30.0 Å². The van der Waals surface area contributed by atoms with E-state index in [1.807, 2.05) is 38.1 Å². The summed E-state index contributed by atoms with van der Waals surface area (Å²) in [4.78, 5) is 25.5. The van der Waals surface area contributed by atoms with Gasteiger partial charge in [-0.25, -0.2) is 0 Å². The fraction of sp³-hybridized carbons (Fsp3) is 0.263. The second-order valence-electron chi connectivity index (χ2n) is 5.77. The van der Waals surface area contributed by atoms with Crippen LogP contribution in [0.25, 0.3) is 0 Å². The fourth-order valence-electron chi connectivity index (χ4n) is 2.71. The van der Waals surface area contributed by atoms with Crippen molar-refractivity contribution in [2.24, 2.45) is 0 Å². The summed E-state index contributed by atoms with van der Waals surface area (Å²) in [6.07, 6.45) is 0.911. The van der Waals surface area contributed by atoms with Gasteiger partial charge in [-0.15, -0.1) is 0 Å². The zero-order valence-electron chi connectivity index (χ0n) is 13.3. The number of nitrogens with zero attached hydrogens (tertiary/aromatic N) is 1. The van der Waals surface area contributed by atoms with E-state index >= 15 is 0 Å². The van der Waals surface area contributed by atoms with E-state index in [2.05, 4.69) is 0 Å². The fourth-order valence-corrected chi connectivity index (χ4v) is 2.71. The van der Waals surface area contributed by atoms with Gasteiger partial charge in [0, 0.05) is 5.56 Å². The Morgan fingerprint density at radius 3 is 2.57 bits per heavy atom. The average Bonchev–Trinajstić information content (AvgIpc) is 2.58. The third kappa shape index (κ3) is 2.97. The molecule has 1 unspecified atom stereocenters. The van der Waals surface area contributed by atoms with Gasteiger partial charge >= 0.3 is 0 Å². The topological polar surface area (TPSA) is 46.6 Å². The molecule has 4 nitrogen and oxygen atoms in total. The standard InChI is InChI=1S/C19H19NO3/c1-3-17-19(22)20(11-14-6-4-13(2)5-7-14)16-10-15(12-21)8-9-18(16)23-17/h4-10,12,17H,3,11H2,1-2H3. The lowest BCUT2D eigenvalue weighted by Crippen LogP contribution is -2.45. The summed E-state index contributed by atoms with van der Waals surface area (Å²) in [5, 5.41) is 0. The van der Waals surface area contributed by atoms with E-state index in [1.165, 1.54) is 5.56 Å². The number of carbonyl (C=O) groups is 2. The summed E-state index contributed by atoms with van der Waals surface area (Å²) in [5.74, 6) is 0.581. The summed E-state index contributed by atoms with van der Waals surface area (Å²) in [6.45, 7) is 4.42. The van der Waals surface area contributed by atoms with E-state index < -0.39 is 6.10 Å². The number of benzene rings is 2. The first-order valence-corrected chi connectivity index (χ1v) is 7.75. The quantitative estimate of drug-likeness (QED) is 0.812. The minimum Gasteiger partial charge on any atom is -0.478 e. The molecule has 2 aromatic rings. The van der Waals surface area contributed by atoms with Crippen LogP contribution in [0.4, 0.5) is 5.69 Å². The number of amides is 1. The van der Waals surface area contributed by atoms with Gasteiger partial charge in [0.05, 0.1) is 12.2 Å². The maximum Gasteiger partial charge on any atom is 0.268 e. The minimum absolute atomic E-state index is 0.0661. The summed E-state index contributed by atoms with van der Waals surface area (Å²) in [5.41, 5.74) is 3.41. The minimum atomic E-state index is -0.477. The van der Waals surface area contributed by atoms with Crippen molar-refractivity contribution in [3.8, 4) is 5.75 Å². The molecule has 0 N–H and O–H groups in total. The van der Waals surface area contributed by atoms with Crippen molar-refractivity contribution < 1.29 is 14.3 Å². The highest BCUT2D eigenvalue weighted by atomic mass is 16.5. The number of hydrogen-bond donors (Lipinski definition) is 0. The molecule has 0 aromatic heterocycles. The third-order valence-corrected chi connectivity index (χ3v) is 4.05. The molecule has 1 heterocycles. The zero-order valence-corrected chi connectivity index (χ0v) is 13.3. The van der Waals surface area contributed by atoms with Gasteiger partial charge in [0.1, 0.15) is 12.0 Å². The number of carbonyl (C=O) groups excluding carboxylic acids is 2. The van der Waals surface area contributed by atoms with Crippen LogP contribution in [0, 0.1) is 6.92 Å². The van der Waals surface area contributed by atoms with Crippen LogP contribution in [0.2, 0.25) is 0 Å². The molecule has 1 aliphatic rings. The molecule has 0 spiro atoms. The van der Waals surface area contributed by atoms with Crippen molar-refractivity contribution in [3.05, 3.63) is 59.2 Å². The Morgan fingerprint density at radius 1 is 1.17 bits per heavy atom. The molecule has 23 heavy (non-hydrogen) atoms. The molecule has 1 amide bonds. The number of anilines is 1. The highest BCUT2D eigenvalue weighted by molar-refractivity contribution is 6.00. The summed E-state index contributed by atoms with van der Waals surface area (Å²) >= 11 is 0. The first-order chi connectivity index (χ1) is 11.1. The van der Waals surface area contributed by atoms with Gasteiger partial charge in [-0.05, 0) is 37.1 Å². The molecule has 118 valence electrons. The summed E-state index contributed by atoms with van der Waals surface area (Å²) in [6, 6.07) is 13.3. The number of aryl methyl sites for hydroxylation is 1. The lowest BCUT2D eigenvalue weighted by Gasteiger charge is -2.34. The zero-order chi connectivity index (χ0) is 16.4. The Hall–Kier alpha value is -2.62. The summed E-state index contributed by atoms with van der Waals surface area (Å²) < 4.78 is 5.77. The predicted octanol–water partition coefficient (Wildman–Crippen LogP) is 3.51. The van der Waals surface area contributed by atoms with Crippen molar-refractivity contribution >= 4 is 17.9 Å². The largest absolute Gasteiger partial charge is 0.478 e. The van der Waals surface area contributed by atoms with Crippen LogP contribution in [0.5, 0.6) is 5.75 Å². The molecule has 0 bridgehead atoms. The number of hydrogen-bond acceptors (Lipinski definition) is 3. The van der Waals surface area contributed by atoms with Crippen LogP contribution in [0.15, 0.2) is 42.5 Å². The number of aldehydes is 1. The van der Waals surface area contributed by atoms with Gasteiger partial charge < -0.3 is 9.64 Å². The van der Waals surface area contributed by atoms with Crippen LogP contribution in [-0.4, -0.2) is 18.3 Å². The van der Waals surface area contributed by atoms with E-state index in [0.717, 1.165) is 11.8 Å². The van der Waals surface area contributed by atoms with Crippen LogP contribution in [-0.2, 0) is 11.3 Å². The molecule has 2 aromatic carbocycles. The van der Waals surface area contributed by atoms with Gasteiger partial charge in [-0.3, -0.25) is 9.59 Å². The predicted molar refractivity (Wildman–Crippen MR) is 88.9 cm³/mol. The number of rotatable bonds is 4. The average molecular weight is 309 g/mol. The molecular formula is C19H19NO3. The van der Waals surface area contributed by atoms with Crippen molar-refractivity contribution in [2.75, 3.05) is 4.90 Å². The van der Waals surface area contributed by atoms with Crippen molar-refractivity contribution in [1.29, 1.82) is 0 Å². The molecule has 1 aliphatic heterocycles. The number of ether oxygens (including phenoxy) is 1. The van der Waals surface area contributed by atoms with E-state index in [1.54, 1.807) is 23.1 Å². The van der Waals surface area contributed by atoms with E-state index in [4.69, 9.17) is 4.74 Å². The molecular weight excluding hydrogens is 290 g/mol. The third-order valence-electron chi connectivity index (χ3n) is 4.05. The van der Waals surface area contributed by atoms with Gasteiger partial charge in [0.25, 0.3) is 5.91 Å². The first-order valence-electron chi connectivity index (χ1n) is 7.75. The highest BCUT2D eigenvalue weighted by Crippen LogP contribution is 2.36. The monoisotopic (exact) mass is 309 g/mol. The summed E-state index contributed by atoms with van der Waals surface area (Å²) in [7, 11) is 0. The molecule has 0 radical (unpaired) electrons. The van der Waals surface area contributed by atoms with E-state index in [-0.39, 0.29) is 5.91 Å². The second kappa shape index (κ2) is 6.24. The van der Waals surface area contributed by atoms with Crippen molar-refractivity contribution in [1.82, 2.24) is 0 Å². The van der Waals surface area contributed by atoms with Crippen molar-refractivity contribution in [3.63, 3.8) is 0 Å². The Bertz CT molecular complexity index is 737. The lowest BCUT2D eigenvalue weighted by molar-refractivity contribution is -0.126. The Morgan fingerprint density at radius 2 is 1.91 bits per heavy atom. The Labute approximate surface area is 135 Å². The molecule has 0 fully saturated rings. The molecule has 0 aliphatic carbocycles. The number of fused-ring (bicyclic) bond motifs is 1.